The molecule has 3 aromatic rings. The molecule has 0 bridgehead atoms. The lowest BCUT2D eigenvalue weighted by molar-refractivity contribution is -0.140. The molecule has 8 nitrogen and oxygen atoms in total. The van der Waals surface area contributed by atoms with Gasteiger partial charge in [-0.25, -0.2) is 12.8 Å². The highest BCUT2D eigenvalue weighted by atomic mass is 32.2. The van der Waals surface area contributed by atoms with Gasteiger partial charge < -0.3 is 15.0 Å². The number of carbonyl (C=O) groups is 2. The van der Waals surface area contributed by atoms with Crippen molar-refractivity contribution in [1.29, 1.82) is 0 Å². The minimum atomic E-state index is -3.96. The molecular formula is C31H38FN3O5S. The van der Waals surface area contributed by atoms with Crippen molar-refractivity contribution in [1.82, 2.24) is 10.2 Å². The second kappa shape index (κ2) is 14.6. The van der Waals surface area contributed by atoms with Gasteiger partial charge in [-0.2, -0.15) is 0 Å². The third-order valence-electron chi connectivity index (χ3n) is 6.37. The molecule has 0 unspecified atom stereocenters. The summed E-state index contributed by atoms with van der Waals surface area (Å²) in [5.74, 6) is -1.15. The Bertz CT molecular complexity index is 1420. The Hall–Kier alpha value is -3.92. The fraction of sp³-hybridized carbons (Fsp3) is 0.355. The molecule has 0 heterocycles. The highest BCUT2D eigenvalue weighted by Gasteiger charge is 2.34. The lowest BCUT2D eigenvalue weighted by Gasteiger charge is -2.34. The van der Waals surface area contributed by atoms with Crippen molar-refractivity contribution in [2.24, 2.45) is 5.92 Å². The maximum atomic E-state index is 14.9. The second-order valence-electron chi connectivity index (χ2n) is 10.1. The number of amides is 2. The van der Waals surface area contributed by atoms with Gasteiger partial charge in [0.05, 0.1) is 18.6 Å². The van der Waals surface area contributed by atoms with Crippen molar-refractivity contribution < 1.29 is 27.1 Å². The van der Waals surface area contributed by atoms with Crippen LogP contribution in [-0.2, 0) is 32.6 Å². The summed E-state index contributed by atoms with van der Waals surface area (Å²) >= 11 is 0. The fourth-order valence-electron chi connectivity index (χ4n) is 4.32. The summed E-state index contributed by atoms with van der Waals surface area (Å²) in [7, 11) is -3.96. The van der Waals surface area contributed by atoms with E-state index in [0.29, 0.717) is 12.3 Å². The summed E-state index contributed by atoms with van der Waals surface area (Å²) in [4.78, 5) is 29.0. The standard InChI is InChI=1S/C31H38FN3O5S/c1-5-40-29-18-12-11-17-27(29)35(41(4,38)39)22-30(36)34(21-25-15-9-10-16-26(25)32)28(31(37)33-20-23(2)3)19-24-13-7-6-8-14-24/h6-18,23,28H,5,19-22H2,1-4H3,(H,33,37)/t28-/m1/s1. The average molecular weight is 584 g/mol. The van der Waals surface area contributed by atoms with E-state index in [0.717, 1.165) is 16.1 Å². The molecule has 2 amide bonds. The average Bonchev–Trinajstić information content (AvgIpc) is 2.93. The predicted octanol–water partition coefficient (Wildman–Crippen LogP) is 4.40. The molecular weight excluding hydrogens is 545 g/mol. The van der Waals surface area contributed by atoms with Crippen molar-refractivity contribution in [2.45, 2.75) is 39.8 Å². The summed E-state index contributed by atoms with van der Waals surface area (Å²) in [6.45, 7) is 5.50. The number of anilines is 1. The van der Waals surface area contributed by atoms with Crippen LogP contribution in [0.4, 0.5) is 10.1 Å². The van der Waals surface area contributed by atoms with Crippen molar-refractivity contribution >= 4 is 27.5 Å². The molecule has 41 heavy (non-hydrogen) atoms. The molecule has 0 aliphatic heterocycles. The SMILES string of the molecule is CCOc1ccccc1N(CC(=O)N(Cc1ccccc1F)[C@H](Cc1ccccc1)C(=O)NCC(C)C)S(C)(=O)=O. The number of halogens is 1. The first-order chi connectivity index (χ1) is 19.5. The van der Waals surface area contributed by atoms with E-state index in [1.54, 1.807) is 43.3 Å². The lowest BCUT2D eigenvalue weighted by atomic mass is 10.0. The number of nitrogens with one attached hydrogen (secondary N) is 1. The Kier molecular flexibility index (Phi) is 11.3. The highest BCUT2D eigenvalue weighted by Crippen LogP contribution is 2.30. The van der Waals surface area contributed by atoms with E-state index in [4.69, 9.17) is 4.74 Å². The summed E-state index contributed by atoms with van der Waals surface area (Å²) in [6.07, 6.45) is 1.15. The molecule has 0 aliphatic carbocycles. The number of sulfonamides is 1. The van der Waals surface area contributed by atoms with Gasteiger partial charge >= 0.3 is 0 Å². The molecule has 0 saturated carbocycles. The van der Waals surface area contributed by atoms with Crippen LogP contribution in [-0.4, -0.2) is 57.1 Å². The molecule has 0 radical (unpaired) electrons. The fourth-order valence-corrected chi connectivity index (χ4v) is 5.18. The van der Waals surface area contributed by atoms with Crippen LogP contribution < -0.4 is 14.4 Å². The van der Waals surface area contributed by atoms with E-state index < -0.39 is 40.2 Å². The zero-order chi connectivity index (χ0) is 30.0. The van der Waals surface area contributed by atoms with Gasteiger partial charge in [-0.3, -0.25) is 13.9 Å². The van der Waals surface area contributed by atoms with E-state index in [1.165, 1.54) is 17.0 Å². The zero-order valence-electron chi connectivity index (χ0n) is 23.9. The van der Waals surface area contributed by atoms with Gasteiger partial charge in [0.1, 0.15) is 24.2 Å². The summed E-state index contributed by atoms with van der Waals surface area (Å²) < 4.78 is 47.4. The third kappa shape index (κ3) is 9.04. The number of benzene rings is 3. The Labute approximate surface area is 242 Å². The van der Waals surface area contributed by atoms with Crippen LogP contribution in [0.1, 0.15) is 31.9 Å². The maximum absolute atomic E-state index is 14.9. The van der Waals surface area contributed by atoms with Crippen LogP contribution in [0.3, 0.4) is 0 Å². The molecule has 0 saturated heterocycles. The summed E-state index contributed by atoms with van der Waals surface area (Å²) in [5.41, 5.74) is 1.20. The van der Waals surface area contributed by atoms with E-state index in [1.807, 2.05) is 44.2 Å². The van der Waals surface area contributed by atoms with Crippen molar-refractivity contribution in [3.63, 3.8) is 0 Å². The quantitative estimate of drug-likeness (QED) is 0.304. The van der Waals surface area contributed by atoms with Gasteiger partial charge in [-0.15, -0.1) is 0 Å². The first kappa shape index (κ1) is 31.6. The van der Waals surface area contributed by atoms with Crippen LogP contribution in [0.2, 0.25) is 0 Å². The lowest BCUT2D eigenvalue weighted by Crippen LogP contribution is -2.53. The minimum Gasteiger partial charge on any atom is -0.492 e. The molecule has 3 rings (SSSR count). The molecule has 0 aliphatic rings. The minimum absolute atomic E-state index is 0.152. The summed E-state index contributed by atoms with van der Waals surface area (Å²) in [5, 5.41) is 2.90. The van der Waals surface area contributed by atoms with Gasteiger partial charge in [0.15, 0.2) is 0 Å². The highest BCUT2D eigenvalue weighted by molar-refractivity contribution is 7.92. The van der Waals surface area contributed by atoms with Crippen LogP contribution in [0.25, 0.3) is 0 Å². The number of nitrogens with zero attached hydrogens (tertiary/aromatic N) is 2. The zero-order valence-corrected chi connectivity index (χ0v) is 24.7. The maximum Gasteiger partial charge on any atom is 0.244 e. The largest absolute Gasteiger partial charge is 0.492 e. The number of hydrogen-bond acceptors (Lipinski definition) is 5. The summed E-state index contributed by atoms with van der Waals surface area (Å²) in [6, 6.07) is 20.7. The number of hydrogen-bond donors (Lipinski definition) is 1. The predicted molar refractivity (Wildman–Crippen MR) is 159 cm³/mol. The smallest absolute Gasteiger partial charge is 0.244 e. The number of para-hydroxylation sites is 2. The van der Waals surface area contributed by atoms with E-state index in [9.17, 15) is 22.4 Å². The van der Waals surface area contributed by atoms with Gasteiger partial charge in [-0.05, 0) is 36.6 Å². The van der Waals surface area contributed by atoms with E-state index in [2.05, 4.69) is 5.32 Å². The molecule has 1 N–H and O–H groups in total. The molecule has 220 valence electrons. The molecule has 0 aromatic heterocycles. The van der Waals surface area contributed by atoms with Crippen molar-refractivity contribution in [3.05, 3.63) is 95.8 Å². The topological polar surface area (TPSA) is 96.0 Å². The first-order valence-electron chi connectivity index (χ1n) is 13.5. The number of rotatable bonds is 14. The first-order valence-corrected chi connectivity index (χ1v) is 15.4. The molecule has 1 atom stereocenters. The Balaban J connectivity index is 2.08. The van der Waals surface area contributed by atoms with E-state index >= 15 is 0 Å². The Morgan fingerprint density at radius 1 is 0.951 bits per heavy atom. The van der Waals surface area contributed by atoms with Crippen LogP contribution in [0.15, 0.2) is 78.9 Å². The Morgan fingerprint density at radius 3 is 2.22 bits per heavy atom. The third-order valence-corrected chi connectivity index (χ3v) is 7.49. The van der Waals surface area contributed by atoms with Crippen LogP contribution >= 0.6 is 0 Å². The van der Waals surface area contributed by atoms with Gasteiger partial charge in [-0.1, -0.05) is 74.5 Å². The normalized spacial score (nSPS) is 12.0. The van der Waals surface area contributed by atoms with Crippen molar-refractivity contribution in [3.8, 4) is 5.75 Å². The van der Waals surface area contributed by atoms with Gasteiger partial charge in [0, 0.05) is 25.1 Å². The van der Waals surface area contributed by atoms with E-state index in [-0.39, 0.29) is 36.7 Å². The number of carbonyl (C=O) groups excluding carboxylic acids is 2. The van der Waals surface area contributed by atoms with Crippen LogP contribution in [0.5, 0.6) is 5.75 Å². The van der Waals surface area contributed by atoms with Crippen LogP contribution in [0, 0.1) is 11.7 Å². The second-order valence-corrected chi connectivity index (χ2v) is 12.0. The monoisotopic (exact) mass is 583 g/mol. The van der Waals surface area contributed by atoms with Gasteiger partial charge in [0.25, 0.3) is 0 Å². The number of ether oxygens (including phenoxy) is 1. The molecule has 3 aromatic carbocycles. The molecule has 10 heteroatoms. The molecule has 0 spiro atoms. The Morgan fingerprint density at radius 2 is 1.59 bits per heavy atom. The van der Waals surface area contributed by atoms with Gasteiger partial charge in [0.2, 0.25) is 21.8 Å². The molecule has 0 fully saturated rings. The van der Waals surface area contributed by atoms with Crippen molar-refractivity contribution in [2.75, 3.05) is 30.3 Å².